The Hall–Kier alpha value is -1.42. The molecular formula is C15H20N2O2. The van der Waals surface area contributed by atoms with E-state index in [-0.39, 0.29) is 12.0 Å². The molecule has 102 valence electrons. The summed E-state index contributed by atoms with van der Waals surface area (Å²) in [5.41, 5.74) is 3.82. The van der Waals surface area contributed by atoms with Crippen LogP contribution in [0.2, 0.25) is 0 Å². The van der Waals surface area contributed by atoms with Crippen LogP contribution in [0.1, 0.15) is 53.2 Å². The average molecular weight is 260 g/mol. The van der Waals surface area contributed by atoms with Crippen molar-refractivity contribution < 1.29 is 9.53 Å². The minimum atomic E-state index is 0.00871. The molecule has 2 aliphatic heterocycles. The van der Waals surface area contributed by atoms with E-state index in [1.54, 1.807) is 0 Å². The van der Waals surface area contributed by atoms with Crippen molar-refractivity contribution in [1.82, 2.24) is 9.88 Å². The first-order valence-corrected chi connectivity index (χ1v) is 7.12. The summed E-state index contributed by atoms with van der Waals surface area (Å²) in [5, 5.41) is 0. The Morgan fingerprint density at radius 1 is 1.53 bits per heavy atom. The van der Waals surface area contributed by atoms with Crippen LogP contribution < -0.4 is 0 Å². The molecule has 0 saturated carbocycles. The highest BCUT2D eigenvalue weighted by atomic mass is 16.5. The number of hydrogen-bond acceptors (Lipinski definition) is 3. The SMILES string of the molecule is CCN1CCc2cc(C)nc(C3CCCO3)c2C1=O. The summed E-state index contributed by atoms with van der Waals surface area (Å²) in [4.78, 5) is 19.1. The topological polar surface area (TPSA) is 42.4 Å². The van der Waals surface area contributed by atoms with Gasteiger partial charge >= 0.3 is 0 Å². The second-order valence-electron chi connectivity index (χ2n) is 5.32. The second-order valence-corrected chi connectivity index (χ2v) is 5.32. The van der Waals surface area contributed by atoms with Gasteiger partial charge in [0, 0.05) is 25.4 Å². The number of rotatable bonds is 2. The molecule has 0 spiro atoms. The van der Waals surface area contributed by atoms with Crippen LogP contribution in [0.4, 0.5) is 0 Å². The molecular weight excluding hydrogens is 240 g/mol. The van der Waals surface area contributed by atoms with E-state index >= 15 is 0 Å². The summed E-state index contributed by atoms with van der Waals surface area (Å²) in [5.74, 6) is 0.127. The van der Waals surface area contributed by atoms with Crippen LogP contribution in [-0.4, -0.2) is 35.5 Å². The molecule has 1 amide bonds. The van der Waals surface area contributed by atoms with Gasteiger partial charge in [0.25, 0.3) is 5.91 Å². The zero-order chi connectivity index (χ0) is 13.4. The molecule has 1 unspecified atom stereocenters. The molecule has 1 fully saturated rings. The van der Waals surface area contributed by atoms with Crippen LogP contribution in [0, 0.1) is 6.92 Å². The Balaban J connectivity index is 2.08. The van der Waals surface area contributed by atoms with Gasteiger partial charge in [0.15, 0.2) is 0 Å². The maximum absolute atomic E-state index is 12.6. The Bertz CT molecular complexity index is 507. The van der Waals surface area contributed by atoms with Crippen LogP contribution in [0.3, 0.4) is 0 Å². The van der Waals surface area contributed by atoms with Gasteiger partial charge in [0.2, 0.25) is 0 Å². The van der Waals surface area contributed by atoms with Crippen molar-refractivity contribution in [2.75, 3.05) is 19.7 Å². The van der Waals surface area contributed by atoms with E-state index < -0.39 is 0 Å². The van der Waals surface area contributed by atoms with Crippen molar-refractivity contribution in [2.45, 2.75) is 39.2 Å². The quantitative estimate of drug-likeness (QED) is 0.819. The number of pyridine rings is 1. The fourth-order valence-electron chi connectivity index (χ4n) is 3.05. The molecule has 4 heteroatoms. The third-order valence-electron chi connectivity index (χ3n) is 4.03. The van der Waals surface area contributed by atoms with Gasteiger partial charge in [-0.3, -0.25) is 9.78 Å². The second kappa shape index (κ2) is 4.93. The van der Waals surface area contributed by atoms with Crippen LogP contribution in [0.25, 0.3) is 0 Å². The van der Waals surface area contributed by atoms with Gasteiger partial charge in [0.1, 0.15) is 6.10 Å². The van der Waals surface area contributed by atoms with Crippen molar-refractivity contribution in [2.24, 2.45) is 0 Å². The largest absolute Gasteiger partial charge is 0.372 e. The van der Waals surface area contributed by atoms with E-state index in [1.165, 1.54) is 0 Å². The smallest absolute Gasteiger partial charge is 0.256 e. The van der Waals surface area contributed by atoms with E-state index in [0.717, 1.165) is 61.5 Å². The highest BCUT2D eigenvalue weighted by Crippen LogP contribution is 2.33. The first-order chi connectivity index (χ1) is 9.20. The molecule has 0 bridgehead atoms. The van der Waals surface area contributed by atoms with Crippen LogP contribution in [-0.2, 0) is 11.2 Å². The lowest BCUT2D eigenvalue weighted by Gasteiger charge is -2.29. The highest BCUT2D eigenvalue weighted by Gasteiger charge is 2.32. The van der Waals surface area contributed by atoms with Crippen molar-refractivity contribution in [1.29, 1.82) is 0 Å². The average Bonchev–Trinajstić information content (AvgIpc) is 2.92. The molecule has 0 aromatic carbocycles. The Kier molecular flexibility index (Phi) is 3.27. The molecule has 4 nitrogen and oxygen atoms in total. The molecule has 1 aromatic heterocycles. The fourth-order valence-corrected chi connectivity index (χ4v) is 3.05. The first kappa shape index (κ1) is 12.6. The molecule has 1 aromatic rings. The minimum Gasteiger partial charge on any atom is -0.372 e. The standard InChI is InChI=1S/C15H20N2O2/c1-3-17-7-6-11-9-10(2)16-14(13(11)15(17)18)12-5-4-8-19-12/h9,12H,3-8H2,1-2H3. The number of carbonyl (C=O) groups excluding carboxylic acids is 1. The Morgan fingerprint density at radius 3 is 3.05 bits per heavy atom. The van der Waals surface area contributed by atoms with Crippen LogP contribution in [0.5, 0.6) is 0 Å². The zero-order valence-electron chi connectivity index (χ0n) is 11.6. The number of carbonyl (C=O) groups is 1. The highest BCUT2D eigenvalue weighted by molar-refractivity contribution is 5.98. The molecule has 3 heterocycles. The molecule has 2 aliphatic rings. The van der Waals surface area contributed by atoms with Crippen LogP contribution in [0.15, 0.2) is 6.07 Å². The maximum Gasteiger partial charge on any atom is 0.256 e. The third-order valence-corrected chi connectivity index (χ3v) is 4.03. The minimum absolute atomic E-state index is 0.00871. The Morgan fingerprint density at radius 2 is 2.37 bits per heavy atom. The Labute approximate surface area is 113 Å². The van der Waals surface area contributed by atoms with E-state index in [2.05, 4.69) is 11.1 Å². The van der Waals surface area contributed by atoms with Gasteiger partial charge < -0.3 is 9.64 Å². The van der Waals surface area contributed by atoms with Crippen LogP contribution >= 0.6 is 0 Å². The summed E-state index contributed by atoms with van der Waals surface area (Å²) < 4.78 is 5.74. The lowest BCUT2D eigenvalue weighted by atomic mass is 9.94. The number of fused-ring (bicyclic) bond motifs is 1. The summed E-state index contributed by atoms with van der Waals surface area (Å²) in [6, 6.07) is 2.05. The summed E-state index contributed by atoms with van der Waals surface area (Å²) >= 11 is 0. The van der Waals surface area contributed by atoms with Gasteiger partial charge in [-0.15, -0.1) is 0 Å². The number of nitrogens with zero attached hydrogens (tertiary/aromatic N) is 2. The molecule has 19 heavy (non-hydrogen) atoms. The zero-order valence-corrected chi connectivity index (χ0v) is 11.6. The van der Waals surface area contributed by atoms with Crippen molar-refractivity contribution >= 4 is 5.91 Å². The van der Waals surface area contributed by atoms with E-state index in [4.69, 9.17) is 4.74 Å². The molecule has 0 aliphatic carbocycles. The van der Waals surface area contributed by atoms with Gasteiger partial charge in [0.05, 0.1) is 11.3 Å². The van der Waals surface area contributed by atoms with Gasteiger partial charge in [-0.25, -0.2) is 0 Å². The lowest BCUT2D eigenvalue weighted by molar-refractivity contribution is 0.0727. The normalized spacial score (nSPS) is 22.7. The predicted octanol–water partition coefficient (Wildman–Crippen LogP) is 2.26. The lowest BCUT2D eigenvalue weighted by Crippen LogP contribution is -2.38. The van der Waals surface area contributed by atoms with Crippen molar-refractivity contribution in [3.63, 3.8) is 0 Å². The first-order valence-electron chi connectivity index (χ1n) is 7.12. The number of likely N-dealkylation sites (N-methyl/N-ethyl adjacent to an activating group) is 1. The summed E-state index contributed by atoms with van der Waals surface area (Å²) in [6.45, 7) is 6.38. The third kappa shape index (κ3) is 2.14. The fraction of sp³-hybridized carbons (Fsp3) is 0.600. The molecule has 1 saturated heterocycles. The van der Waals surface area contributed by atoms with E-state index in [0.29, 0.717) is 0 Å². The monoisotopic (exact) mass is 260 g/mol. The van der Waals surface area contributed by atoms with E-state index in [9.17, 15) is 4.79 Å². The molecule has 1 atom stereocenters. The maximum atomic E-state index is 12.6. The molecule has 3 rings (SSSR count). The number of aryl methyl sites for hydroxylation is 1. The van der Waals surface area contributed by atoms with Gasteiger partial charge in [-0.2, -0.15) is 0 Å². The summed E-state index contributed by atoms with van der Waals surface area (Å²) in [6.07, 6.45) is 2.97. The molecule has 0 N–H and O–H groups in total. The predicted molar refractivity (Wildman–Crippen MR) is 72.2 cm³/mol. The van der Waals surface area contributed by atoms with Gasteiger partial charge in [-0.1, -0.05) is 0 Å². The van der Waals surface area contributed by atoms with Crippen molar-refractivity contribution in [3.05, 3.63) is 28.6 Å². The number of aromatic nitrogens is 1. The van der Waals surface area contributed by atoms with Crippen molar-refractivity contribution in [3.8, 4) is 0 Å². The van der Waals surface area contributed by atoms with Gasteiger partial charge in [-0.05, 0) is 44.7 Å². The number of amides is 1. The molecule has 0 radical (unpaired) electrons. The number of hydrogen-bond donors (Lipinski definition) is 0. The van der Waals surface area contributed by atoms with E-state index in [1.807, 2.05) is 18.7 Å². The number of ether oxygens (including phenoxy) is 1. The summed E-state index contributed by atoms with van der Waals surface area (Å²) in [7, 11) is 0.